The van der Waals surface area contributed by atoms with Gasteiger partial charge in [-0.1, -0.05) is 45.8 Å². The normalized spacial score (nSPS) is 12.7. The molecule has 0 saturated heterocycles. The molecule has 0 aromatic rings. The van der Waals surface area contributed by atoms with E-state index in [-0.39, 0.29) is 0 Å². The van der Waals surface area contributed by atoms with Crippen molar-refractivity contribution in [2.24, 2.45) is 0 Å². The molecule has 0 heteroatoms. The topological polar surface area (TPSA) is 0 Å². The number of hydrogen-bond donors (Lipinski definition) is 0. The molecule has 0 spiro atoms. The predicted molar refractivity (Wildman–Crippen MR) is 60.6 cm³/mol. The molecule has 0 aliphatic heterocycles. The third-order valence-corrected chi connectivity index (χ3v) is 2.08. The van der Waals surface area contributed by atoms with Crippen molar-refractivity contribution in [2.45, 2.75) is 59.3 Å². The lowest BCUT2D eigenvalue weighted by Crippen LogP contribution is -1.76. The molecular weight excluding hydrogens is 156 g/mol. The Labute approximate surface area is 83.7 Å². The first-order valence-electron chi connectivity index (χ1n) is 5.61. The molecule has 0 unspecified atom stereocenters. The van der Waals surface area contributed by atoms with Gasteiger partial charge < -0.3 is 0 Å². The van der Waals surface area contributed by atoms with Gasteiger partial charge in [0, 0.05) is 0 Å². The SMILES string of the molecule is CC/[C]=C(/C=CCCCCC)CC. The van der Waals surface area contributed by atoms with E-state index in [1.807, 2.05) is 0 Å². The largest absolute Gasteiger partial charge is 0.0843 e. The van der Waals surface area contributed by atoms with Gasteiger partial charge in [0.2, 0.25) is 0 Å². The first-order chi connectivity index (χ1) is 6.35. The number of hydrogen-bond acceptors (Lipinski definition) is 0. The molecule has 0 aromatic carbocycles. The molecule has 0 fully saturated rings. The Morgan fingerprint density at radius 1 is 1.15 bits per heavy atom. The molecule has 0 heterocycles. The van der Waals surface area contributed by atoms with Gasteiger partial charge in [-0.05, 0) is 37.3 Å². The Hall–Kier alpha value is -0.520. The number of rotatable bonds is 7. The Balaban J connectivity index is 3.61. The van der Waals surface area contributed by atoms with E-state index < -0.39 is 0 Å². The second-order valence-corrected chi connectivity index (χ2v) is 3.31. The second-order valence-electron chi connectivity index (χ2n) is 3.31. The van der Waals surface area contributed by atoms with Crippen LogP contribution in [0.3, 0.4) is 0 Å². The highest BCUT2D eigenvalue weighted by atomic mass is 13.9. The zero-order valence-corrected chi connectivity index (χ0v) is 9.40. The van der Waals surface area contributed by atoms with Crippen molar-refractivity contribution in [1.82, 2.24) is 0 Å². The third-order valence-electron chi connectivity index (χ3n) is 2.08. The summed E-state index contributed by atoms with van der Waals surface area (Å²) in [6.45, 7) is 6.57. The van der Waals surface area contributed by atoms with Crippen LogP contribution in [0, 0.1) is 6.08 Å². The van der Waals surface area contributed by atoms with Crippen LogP contribution in [-0.4, -0.2) is 0 Å². The van der Waals surface area contributed by atoms with E-state index >= 15 is 0 Å². The zero-order chi connectivity index (χ0) is 9.94. The molecule has 0 saturated carbocycles. The molecule has 0 bridgehead atoms. The van der Waals surface area contributed by atoms with Crippen LogP contribution in [-0.2, 0) is 0 Å². The van der Waals surface area contributed by atoms with E-state index in [4.69, 9.17) is 0 Å². The number of allylic oxidation sites excluding steroid dienone is 4. The Kier molecular flexibility index (Phi) is 9.18. The fraction of sp³-hybridized carbons (Fsp3) is 0.692. The maximum absolute atomic E-state index is 3.35. The lowest BCUT2D eigenvalue weighted by Gasteiger charge is -1.95. The van der Waals surface area contributed by atoms with Gasteiger partial charge in [0.15, 0.2) is 0 Å². The van der Waals surface area contributed by atoms with Crippen LogP contribution < -0.4 is 0 Å². The van der Waals surface area contributed by atoms with Crippen molar-refractivity contribution in [3.05, 3.63) is 23.8 Å². The Morgan fingerprint density at radius 3 is 2.46 bits per heavy atom. The van der Waals surface area contributed by atoms with Crippen LogP contribution in [0.25, 0.3) is 0 Å². The van der Waals surface area contributed by atoms with Crippen molar-refractivity contribution >= 4 is 0 Å². The summed E-state index contributed by atoms with van der Waals surface area (Å²) in [6, 6.07) is 0. The van der Waals surface area contributed by atoms with Gasteiger partial charge in [-0.2, -0.15) is 0 Å². The summed E-state index contributed by atoms with van der Waals surface area (Å²) in [4.78, 5) is 0. The summed E-state index contributed by atoms with van der Waals surface area (Å²) in [7, 11) is 0. The second kappa shape index (κ2) is 9.57. The predicted octanol–water partition coefficient (Wildman–Crippen LogP) is 4.67. The molecule has 0 atom stereocenters. The molecule has 1 radical (unpaired) electrons. The summed E-state index contributed by atoms with van der Waals surface area (Å²) >= 11 is 0. The Bertz CT molecular complexity index is 151. The van der Waals surface area contributed by atoms with E-state index in [9.17, 15) is 0 Å². The van der Waals surface area contributed by atoms with Crippen LogP contribution in [0.2, 0.25) is 0 Å². The summed E-state index contributed by atoms with van der Waals surface area (Å²) in [5.41, 5.74) is 1.36. The third kappa shape index (κ3) is 7.83. The summed E-state index contributed by atoms with van der Waals surface area (Å²) in [6.07, 6.45) is 15.2. The first-order valence-corrected chi connectivity index (χ1v) is 5.61. The lowest BCUT2D eigenvalue weighted by atomic mass is 10.1. The minimum atomic E-state index is 1.03. The van der Waals surface area contributed by atoms with Crippen molar-refractivity contribution in [1.29, 1.82) is 0 Å². The lowest BCUT2D eigenvalue weighted by molar-refractivity contribution is 0.729. The minimum absolute atomic E-state index is 1.03. The van der Waals surface area contributed by atoms with Crippen LogP contribution in [0.5, 0.6) is 0 Å². The Morgan fingerprint density at radius 2 is 1.92 bits per heavy atom. The van der Waals surface area contributed by atoms with Gasteiger partial charge >= 0.3 is 0 Å². The molecule has 75 valence electrons. The molecule has 0 aliphatic rings. The van der Waals surface area contributed by atoms with E-state index in [0.29, 0.717) is 0 Å². The van der Waals surface area contributed by atoms with Gasteiger partial charge in [-0.3, -0.25) is 0 Å². The molecule has 0 N–H and O–H groups in total. The quantitative estimate of drug-likeness (QED) is 0.393. The van der Waals surface area contributed by atoms with E-state index in [2.05, 4.69) is 39.0 Å². The van der Waals surface area contributed by atoms with Crippen LogP contribution >= 0.6 is 0 Å². The minimum Gasteiger partial charge on any atom is -0.0843 e. The van der Waals surface area contributed by atoms with Crippen LogP contribution in [0.15, 0.2) is 17.7 Å². The molecule has 0 aromatic heterocycles. The van der Waals surface area contributed by atoms with Crippen LogP contribution in [0.1, 0.15) is 59.3 Å². The standard InChI is InChI=1S/C13H23/c1-4-7-8-9-10-12-13(6-3)11-5-2/h10,12H,4-9H2,1-3H3. The van der Waals surface area contributed by atoms with Crippen molar-refractivity contribution in [2.75, 3.05) is 0 Å². The molecule has 13 heavy (non-hydrogen) atoms. The number of unbranched alkanes of at least 4 members (excludes halogenated alkanes) is 3. The van der Waals surface area contributed by atoms with Crippen molar-refractivity contribution < 1.29 is 0 Å². The highest BCUT2D eigenvalue weighted by molar-refractivity contribution is 5.14. The van der Waals surface area contributed by atoms with E-state index in [1.54, 1.807) is 0 Å². The first kappa shape index (κ1) is 12.5. The monoisotopic (exact) mass is 179 g/mol. The summed E-state index contributed by atoms with van der Waals surface area (Å²) in [5, 5.41) is 0. The molecule has 0 aliphatic carbocycles. The molecular formula is C13H23. The summed E-state index contributed by atoms with van der Waals surface area (Å²) < 4.78 is 0. The fourth-order valence-electron chi connectivity index (χ4n) is 1.27. The van der Waals surface area contributed by atoms with Crippen LogP contribution in [0.4, 0.5) is 0 Å². The van der Waals surface area contributed by atoms with Gasteiger partial charge in [0.05, 0.1) is 0 Å². The maximum atomic E-state index is 3.35. The highest BCUT2D eigenvalue weighted by Crippen LogP contribution is 2.06. The molecule has 0 rings (SSSR count). The molecule has 0 nitrogen and oxygen atoms in total. The smallest absolute Gasteiger partial charge is 0.0302 e. The highest BCUT2D eigenvalue weighted by Gasteiger charge is 1.86. The van der Waals surface area contributed by atoms with Crippen molar-refractivity contribution in [3.8, 4) is 0 Å². The van der Waals surface area contributed by atoms with Gasteiger partial charge in [0.1, 0.15) is 0 Å². The summed E-state index contributed by atoms with van der Waals surface area (Å²) in [5.74, 6) is 0. The van der Waals surface area contributed by atoms with Crippen molar-refractivity contribution in [3.63, 3.8) is 0 Å². The average molecular weight is 179 g/mol. The zero-order valence-electron chi connectivity index (χ0n) is 9.40. The molecule has 0 amide bonds. The van der Waals surface area contributed by atoms with E-state index in [1.165, 1.54) is 31.3 Å². The van der Waals surface area contributed by atoms with E-state index in [0.717, 1.165) is 12.8 Å². The van der Waals surface area contributed by atoms with Gasteiger partial charge in [-0.15, -0.1) is 0 Å². The van der Waals surface area contributed by atoms with Gasteiger partial charge in [-0.25, -0.2) is 0 Å². The fourth-order valence-corrected chi connectivity index (χ4v) is 1.27. The maximum Gasteiger partial charge on any atom is -0.0302 e. The van der Waals surface area contributed by atoms with Gasteiger partial charge in [0.25, 0.3) is 0 Å². The average Bonchev–Trinajstić information content (AvgIpc) is 2.16.